The molecule has 0 aliphatic carbocycles. The second-order valence-corrected chi connectivity index (χ2v) is 9.35. The van der Waals surface area contributed by atoms with Crippen LogP contribution in [0.1, 0.15) is 20.8 Å². The van der Waals surface area contributed by atoms with Crippen LogP contribution in [-0.4, -0.2) is 21.5 Å². The number of halogens is 1. The topological polar surface area (TPSA) is 62.8 Å². The summed E-state index contributed by atoms with van der Waals surface area (Å²) in [7, 11) is 0. The summed E-state index contributed by atoms with van der Waals surface area (Å²) in [6.45, 7) is 3.60. The quantitative estimate of drug-likeness (QED) is 0.260. The first-order chi connectivity index (χ1) is 13.4. The lowest BCUT2D eigenvalue weighted by molar-refractivity contribution is 0.102. The second-order valence-electron chi connectivity index (χ2n) is 6.24. The molecule has 142 valence electrons. The molecule has 0 radical (unpaired) electrons. The van der Waals surface area contributed by atoms with Crippen molar-refractivity contribution in [2.24, 2.45) is 0 Å². The fraction of sp³-hybridized carbons (Fsp3) is 0.150. The third kappa shape index (κ3) is 3.55. The minimum absolute atomic E-state index is 0.113. The highest BCUT2D eigenvalue weighted by Crippen LogP contribution is 2.38. The highest BCUT2D eigenvalue weighted by molar-refractivity contribution is 7.99. The van der Waals surface area contributed by atoms with Gasteiger partial charge in [0.15, 0.2) is 10.9 Å². The Kier molecular flexibility index (Phi) is 5.18. The molecule has 0 aliphatic heterocycles. The Hall–Kier alpha value is -2.29. The zero-order valence-electron chi connectivity index (χ0n) is 15.0. The number of aromatic nitrogens is 2. The van der Waals surface area contributed by atoms with Crippen LogP contribution in [0.3, 0.4) is 0 Å². The number of thiophene rings is 2. The molecule has 4 nitrogen and oxygen atoms in total. The number of thioether (sulfide) groups is 1. The fourth-order valence-electron chi connectivity index (χ4n) is 2.92. The predicted octanol–water partition coefficient (Wildman–Crippen LogP) is 5.44. The van der Waals surface area contributed by atoms with Crippen molar-refractivity contribution in [3.05, 3.63) is 67.9 Å². The monoisotopic (exact) mass is 430 g/mol. The number of nitrogens with zero attached hydrogens (tertiary/aromatic N) is 1. The molecule has 4 rings (SSSR count). The van der Waals surface area contributed by atoms with Gasteiger partial charge in [-0.1, -0.05) is 17.8 Å². The highest BCUT2D eigenvalue weighted by Gasteiger charge is 2.18. The van der Waals surface area contributed by atoms with E-state index in [4.69, 9.17) is 0 Å². The Bertz CT molecular complexity index is 1240. The number of aryl methyl sites for hydroxylation is 2. The van der Waals surface area contributed by atoms with Crippen LogP contribution in [0.4, 0.5) is 4.39 Å². The molecule has 0 unspecified atom stereocenters. The standard InChI is InChI=1S/C20H15FN2O2S3/c1-10-8-12(5-6-13(10)21)14(24)9-27-20-22-18(25)17-16(15-4-3-7-26-15)11(2)28-19(17)23-20/h3-8H,9H2,1-2H3,(H,22,23,25). The van der Waals surface area contributed by atoms with Gasteiger partial charge >= 0.3 is 0 Å². The van der Waals surface area contributed by atoms with E-state index in [0.29, 0.717) is 26.5 Å². The maximum atomic E-state index is 13.4. The van der Waals surface area contributed by atoms with E-state index in [9.17, 15) is 14.0 Å². The molecule has 1 aromatic carbocycles. The molecule has 0 saturated heterocycles. The van der Waals surface area contributed by atoms with Crippen molar-refractivity contribution in [1.29, 1.82) is 0 Å². The van der Waals surface area contributed by atoms with Crippen molar-refractivity contribution in [3.63, 3.8) is 0 Å². The average Bonchev–Trinajstić information content (AvgIpc) is 3.29. The third-order valence-electron chi connectivity index (χ3n) is 4.30. The van der Waals surface area contributed by atoms with Gasteiger partial charge in [-0.3, -0.25) is 9.59 Å². The first-order valence-corrected chi connectivity index (χ1v) is 11.1. The lowest BCUT2D eigenvalue weighted by Gasteiger charge is -2.04. The summed E-state index contributed by atoms with van der Waals surface area (Å²) < 4.78 is 13.4. The highest BCUT2D eigenvalue weighted by atomic mass is 32.2. The first kappa shape index (κ1) is 19.0. The molecule has 0 atom stereocenters. The van der Waals surface area contributed by atoms with Gasteiger partial charge in [-0.05, 0) is 49.1 Å². The van der Waals surface area contributed by atoms with Gasteiger partial charge in [0, 0.05) is 20.9 Å². The van der Waals surface area contributed by atoms with Crippen LogP contribution >= 0.6 is 34.4 Å². The largest absolute Gasteiger partial charge is 0.301 e. The van der Waals surface area contributed by atoms with Crippen LogP contribution in [0.2, 0.25) is 0 Å². The molecule has 1 N–H and O–H groups in total. The number of rotatable bonds is 5. The van der Waals surface area contributed by atoms with Gasteiger partial charge in [0.1, 0.15) is 10.6 Å². The summed E-state index contributed by atoms with van der Waals surface area (Å²) >= 11 is 4.24. The Morgan fingerprint density at radius 1 is 1.29 bits per heavy atom. The Morgan fingerprint density at radius 2 is 2.11 bits per heavy atom. The average molecular weight is 431 g/mol. The number of hydrogen-bond acceptors (Lipinski definition) is 6. The molecule has 0 bridgehead atoms. The van der Waals surface area contributed by atoms with Crippen molar-refractivity contribution in [2.45, 2.75) is 19.0 Å². The van der Waals surface area contributed by atoms with Crippen molar-refractivity contribution >= 4 is 50.4 Å². The van der Waals surface area contributed by atoms with E-state index in [0.717, 1.165) is 15.3 Å². The van der Waals surface area contributed by atoms with Crippen LogP contribution in [0.5, 0.6) is 0 Å². The Balaban J connectivity index is 1.61. The number of carbonyl (C=O) groups excluding carboxylic acids is 1. The van der Waals surface area contributed by atoms with Gasteiger partial charge in [0.2, 0.25) is 0 Å². The fourth-order valence-corrected chi connectivity index (χ4v) is 5.67. The van der Waals surface area contributed by atoms with Crippen molar-refractivity contribution in [1.82, 2.24) is 9.97 Å². The summed E-state index contributed by atoms with van der Waals surface area (Å²) in [5, 5.41) is 2.98. The molecular formula is C20H15FN2O2S3. The van der Waals surface area contributed by atoms with E-state index < -0.39 is 0 Å². The van der Waals surface area contributed by atoms with Crippen molar-refractivity contribution in [2.75, 3.05) is 5.75 Å². The molecule has 0 spiro atoms. The molecule has 4 aromatic rings. The number of Topliss-reactive ketones (excluding diaryl/α,β-unsaturated/α-hetero) is 1. The van der Waals surface area contributed by atoms with Crippen LogP contribution in [0.25, 0.3) is 20.7 Å². The van der Waals surface area contributed by atoms with E-state index in [1.807, 2.05) is 24.4 Å². The summed E-state index contributed by atoms with van der Waals surface area (Å²) in [6.07, 6.45) is 0. The molecule has 28 heavy (non-hydrogen) atoms. The van der Waals surface area contributed by atoms with E-state index in [1.165, 1.54) is 41.3 Å². The minimum atomic E-state index is -0.338. The molecule has 0 aliphatic rings. The van der Waals surface area contributed by atoms with Gasteiger partial charge in [0.05, 0.1) is 11.1 Å². The number of aromatic amines is 1. The van der Waals surface area contributed by atoms with Crippen LogP contribution < -0.4 is 5.56 Å². The molecule has 0 fully saturated rings. The van der Waals surface area contributed by atoms with Crippen LogP contribution in [0, 0.1) is 19.7 Å². The number of ketones is 1. The number of benzene rings is 1. The Labute approximate surface area is 172 Å². The van der Waals surface area contributed by atoms with Gasteiger partial charge < -0.3 is 4.98 Å². The molecule has 0 saturated carbocycles. The van der Waals surface area contributed by atoms with E-state index in [-0.39, 0.29) is 22.9 Å². The number of H-pyrrole nitrogens is 1. The van der Waals surface area contributed by atoms with Crippen molar-refractivity contribution in [3.8, 4) is 10.4 Å². The van der Waals surface area contributed by atoms with Crippen molar-refractivity contribution < 1.29 is 9.18 Å². The van der Waals surface area contributed by atoms with Crippen LogP contribution in [0.15, 0.2) is 45.7 Å². The lowest BCUT2D eigenvalue weighted by Crippen LogP contribution is -2.10. The zero-order chi connectivity index (χ0) is 19.8. The van der Waals surface area contributed by atoms with Gasteiger partial charge in [-0.2, -0.15) is 0 Å². The molecular weight excluding hydrogens is 415 g/mol. The van der Waals surface area contributed by atoms with Gasteiger partial charge in [-0.25, -0.2) is 9.37 Å². The summed E-state index contributed by atoms with van der Waals surface area (Å²) in [5.41, 5.74) is 1.60. The summed E-state index contributed by atoms with van der Waals surface area (Å²) in [4.78, 5) is 35.2. The molecule has 3 heterocycles. The van der Waals surface area contributed by atoms with Gasteiger partial charge in [0.25, 0.3) is 5.56 Å². The van der Waals surface area contributed by atoms with Gasteiger partial charge in [-0.15, -0.1) is 22.7 Å². The maximum Gasteiger partial charge on any atom is 0.260 e. The predicted molar refractivity (Wildman–Crippen MR) is 114 cm³/mol. The minimum Gasteiger partial charge on any atom is -0.301 e. The molecule has 8 heteroatoms. The first-order valence-electron chi connectivity index (χ1n) is 8.43. The lowest BCUT2D eigenvalue weighted by atomic mass is 10.1. The number of carbonyl (C=O) groups is 1. The van der Waals surface area contributed by atoms with E-state index in [2.05, 4.69) is 9.97 Å². The smallest absolute Gasteiger partial charge is 0.260 e. The third-order valence-corrected chi connectivity index (χ3v) is 7.06. The molecule has 0 amide bonds. The zero-order valence-corrected chi connectivity index (χ0v) is 17.5. The number of nitrogens with one attached hydrogen (secondary N) is 1. The van der Waals surface area contributed by atoms with E-state index >= 15 is 0 Å². The second kappa shape index (κ2) is 7.62. The van der Waals surface area contributed by atoms with Crippen LogP contribution in [-0.2, 0) is 0 Å². The molecule has 3 aromatic heterocycles. The summed E-state index contributed by atoms with van der Waals surface area (Å²) in [5.74, 6) is -0.366. The SMILES string of the molecule is Cc1cc(C(=O)CSc2nc3sc(C)c(-c4cccs4)c3c(=O)[nH]2)ccc1F. The summed E-state index contributed by atoms with van der Waals surface area (Å²) in [6, 6.07) is 8.25. The van der Waals surface area contributed by atoms with E-state index in [1.54, 1.807) is 18.3 Å². The number of fused-ring (bicyclic) bond motifs is 1. The maximum absolute atomic E-state index is 13.4. The normalized spacial score (nSPS) is 11.2. The Morgan fingerprint density at radius 3 is 2.82 bits per heavy atom. The number of hydrogen-bond donors (Lipinski definition) is 1.